The van der Waals surface area contributed by atoms with Crippen LogP contribution in [0.1, 0.15) is 45.4 Å². The first-order chi connectivity index (χ1) is 11.7. The summed E-state index contributed by atoms with van der Waals surface area (Å²) in [6, 6.07) is -0.644. The molecular weight excluding hydrogens is 348 g/mol. The van der Waals surface area contributed by atoms with E-state index in [1.165, 1.54) is 12.0 Å². The Morgan fingerprint density at radius 1 is 1.24 bits per heavy atom. The molecule has 0 aromatic carbocycles. The van der Waals surface area contributed by atoms with Gasteiger partial charge < -0.3 is 14.7 Å². The number of carboxylic acid groups (broad SMARTS) is 1. The first-order valence-corrected chi connectivity index (χ1v) is 10.4. The zero-order valence-corrected chi connectivity index (χ0v) is 15.6. The molecule has 2 rings (SSSR count). The first-order valence-electron chi connectivity index (χ1n) is 8.74. The number of likely N-dealkylation sites (tertiary alicyclic amines) is 1. The summed E-state index contributed by atoms with van der Waals surface area (Å²) in [6.07, 6.45) is 3.45. The van der Waals surface area contributed by atoms with Gasteiger partial charge in [0.05, 0.1) is 12.5 Å². The molecule has 144 valence electrons. The highest BCUT2D eigenvalue weighted by molar-refractivity contribution is 7.90. The monoisotopic (exact) mass is 376 g/mol. The molecule has 1 amide bonds. The van der Waals surface area contributed by atoms with Crippen molar-refractivity contribution >= 4 is 21.9 Å². The largest absolute Gasteiger partial charge is 0.481 e. The first kappa shape index (κ1) is 20.1. The quantitative estimate of drug-likeness (QED) is 0.672. The third-order valence-electron chi connectivity index (χ3n) is 5.12. The van der Waals surface area contributed by atoms with Gasteiger partial charge in [-0.05, 0) is 38.0 Å². The van der Waals surface area contributed by atoms with E-state index in [0.29, 0.717) is 12.3 Å². The minimum Gasteiger partial charge on any atom is -0.481 e. The Labute approximate surface area is 149 Å². The molecule has 0 aromatic heterocycles. The lowest BCUT2D eigenvalue weighted by Crippen LogP contribution is -2.45. The van der Waals surface area contributed by atoms with Crippen molar-refractivity contribution in [2.45, 2.75) is 63.6 Å². The van der Waals surface area contributed by atoms with E-state index in [1.54, 1.807) is 0 Å². The van der Waals surface area contributed by atoms with Crippen LogP contribution in [0.15, 0.2) is 0 Å². The van der Waals surface area contributed by atoms with Crippen molar-refractivity contribution in [2.24, 2.45) is 5.92 Å². The Hall–Kier alpha value is -1.19. The fraction of sp³-hybridized carbons (Fsp3) is 0.875. The average Bonchev–Trinajstić information content (AvgIpc) is 2.91. The third-order valence-corrected chi connectivity index (χ3v) is 6.44. The van der Waals surface area contributed by atoms with Crippen LogP contribution in [0.2, 0.25) is 0 Å². The number of carboxylic acids is 1. The molecule has 0 spiro atoms. The molecule has 1 aliphatic carbocycles. The predicted octanol–water partition coefficient (Wildman–Crippen LogP) is 0.575. The molecule has 9 heteroatoms. The number of ether oxygens (including phenoxy) is 1. The molecular formula is C16H28N2O6S. The van der Waals surface area contributed by atoms with Gasteiger partial charge in [-0.25, -0.2) is 13.1 Å². The highest BCUT2D eigenvalue weighted by atomic mass is 32.2. The molecule has 2 fully saturated rings. The number of hydrogen-bond donors (Lipinski definition) is 2. The SMILES string of the molecule is COC1CC(CC(=O)O)N(C(=O)CS(=O)(=O)NC2CCC(C)CC2)C1. The number of carbonyl (C=O) groups excluding carboxylic acids is 1. The predicted molar refractivity (Wildman–Crippen MR) is 91.5 cm³/mol. The van der Waals surface area contributed by atoms with E-state index in [-0.39, 0.29) is 25.1 Å². The van der Waals surface area contributed by atoms with Gasteiger partial charge in [0.15, 0.2) is 0 Å². The molecule has 8 nitrogen and oxygen atoms in total. The van der Waals surface area contributed by atoms with Crippen LogP contribution < -0.4 is 4.72 Å². The molecule has 2 aliphatic rings. The number of sulfonamides is 1. The number of carbonyl (C=O) groups is 2. The Kier molecular flexibility index (Phi) is 6.81. The standard InChI is InChI=1S/C16H28N2O6S/c1-11-3-5-12(6-4-11)17-25(22,23)10-15(19)18-9-14(24-2)7-13(18)8-16(20)21/h11-14,17H,3-10H2,1-2H3,(H,20,21). The van der Waals surface area contributed by atoms with Gasteiger partial charge in [0.1, 0.15) is 5.75 Å². The molecule has 1 saturated carbocycles. The highest BCUT2D eigenvalue weighted by Gasteiger charge is 2.38. The third kappa shape index (κ3) is 5.93. The molecule has 2 atom stereocenters. The fourth-order valence-corrected chi connectivity index (χ4v) is 4.98. The summed E-state index contributed by atoms with van der Waals surface area (Å²) in [4.78, 5) is 24.8. The number of hydrogen-bond acceptors (Lipinski definition) is 5. The van der Waals surface area contributed by atoms with Crippen LogP contribution in [0.3, 0.4) is 0 Å². The Bertz CT molecular complexity index is 585. The van der Waals surface area contributed by atoms with E-state index in [0.717, 1.165) is 25.7 Å². The lowest BCUT2D eigenvalue weighted by molar-refractivity contribution is -0.139. The highest BCUT2D eigenvalue weighted by Crippen LogP contribution is 2.25. The van der Waals surface area contributed by atoms with Gasteiger partial charge in [-0.2, -0.15) is 0 Å². The molecule has 1 saturated heterocycles. The molecule has 2 N–H and O–H groups in total. The number of amides is 1. The van der Waals surface area contributed by atoms with Crippen molar-refractivity contribution in [1.82, 2.24) is 9.62 Å². The maximum atomic E-state index is 12.5. The minimum absolute atomic E-state index is 0.117. The molecule has 0 aromatic rings. The summed E-state index contributed by atoms with van der Waals surface area (Å²) in [5.41, 5.74) is 0. The van der Waals surface area contributed by atoms with Crippen molar-refractivity contribution in [3.63, 3.8) is 0 Å². The molecule has 1 heterocycles. The summed E-state index contributed by atoms with van der Waals surface area (Å²) in [7, 11) is -2.24. The van der Waals surface area contributed by atoms with Gasteiger partial charge in [0.25, 0.3) is 0 Å². The maximum absolute atomic E-state index is 12.5. The lowest BCUT2D eigenvalue weighted by Gasteiger charge is -2.27. The van der Waals surface area contributed by atoms with Gasteiger partial charge in [0.2, 0.25) is 15.9 Å². The van der Waals surface area contributed by atoms with E-state index in [4.69, 9.17) is 9.84 Å². The molecule has 1 aliphatic heterocycles. The average molecular weight is 376 g/mol. The number of aliphatic carboxylic acids is 1. The number of nitrogens with one attached hydrogen (secondary N) is 1. The minimum atomic E-state index is -3.74. The van der Waals surface area contributed by atoms with Crippen molar-refractivity contribution in [2.75, 3.05) is 19.4 Å². The van der Waals surface area contributed by atoms with E-state index < -0.39 is 33.7 Å². The Balaban J connectivity index is 1.95. The van der Waals surface area contributed by atoms with Crippen LogP contribution in [-0.4, -0.2) is 67.9 Å². The van der Waals surface area contributed by atoms with E-state index in [1.807, 2.05) is 0 Å². The lowest BCUT2D eigenvalue weighted by atomic mass is 9.88. The second-order valence-corrected chi connectivity index (χ2v) is 8.98. The van der Waals surface area contributed by atoms with Crippen molar-refractivity contribution in [3.05, 3.63) is 0 Å². The van der Waals surface area contributed by atoms with Crippen molar-refractivity contribution < 1.29 is 27.9 Å². The maximum Gasteiger partial charge on any atom is 0.305 e. The van der Waals surface area contributed by atoms with Crippen molar-refractivity contribution in [1.29, 1.82) is 0 Å². The summed E-state index contributed by atoms with van der Waals surface area (Å²) in [6.45, 7) is 2.38. The van der Waals surface area contributed by atoms with Gasteiger partial charge in [0, 0.05) is 25.7 Å². The van der Waals surface area contributed by atoms with Gasteiger partial charge in [-0.1, -0.05) is 6.92 Å². The fourth-order valence-electron chi connectivity index (χ4n) is 3.66. The summed E-state index contributed by atoms with van der Waals surface area (Å²) in [5, 5.41) is 8.99. The van der Waals surface area contributed by atoms with Gasteiger partial charge in [-0.3, -0.25) is 9.59 Å². The molecule has 2 unspecified atom stereocenters. The van der Waals surface area contributed by atoms with Crippen LogP contribution >= 0.6 is 0 Å². The Morgan fingerprint density at radius 3 is 2.44 bits per heavy atom. The van der Waals surface area contributed by atoms with Crippen LogP contribution in [0.4, 0.5) is 0 Å². The summed E-state index contributed by atoms with van der Waals surface area (Å²) in [5.74, 6) is -1.62. The van der Waals surface area contributed by atoms with E-state index in [9.17, 15) is 18.0 Å². The second-order valence-electron chi connectivity index (χ2n) is 7.22. The van der Waals surface area contributed by atoms with Crippen LogP contribution in [0.25, 0.3) is 0 Å². The van der Waals surface area contributed by atoms with Crippen LogP contribution in [0.5, 0.6) is 0 Å². The number of nitrogens with zero attached hydrogens (tertiary/aromatic N) is 1. The van der Waals surface area contributed by atoms with Crippen LogP contribution in [0, 0.1) is 5.92 Å². The smallest absolute Gasteiger partial charge is 0.305 e. The number of methoxy groups -OCH3 is 1. The van der Waals surface area contributed by atoms with Crippen LogP contribution in [-0.2, 0) is 24.3 Å². The molecule has 25 heavy (non-hydrogen) atoms. The van der Waals surface area contributed by atoms with Crippen molar-refractivity contribution in [3.8, 4) is 0 Å². The zero-order valence-electron chi connectivity index (χ0n) is 14.8. The normalized spacial score (nSPS) is 30.4. The molecule has 0 bridgehead atoms. The van der Waals surface area contributed by atoms with E-state index >= 15 is 0 Å². The topological polar surface area (TPSA) is 113 Å². The Morgan fingerprint density at radius 2 is 1.88 bits per heavy atom. The van der Waals surface area contributed by atoms with E-state index in [2.05, 4.69) is 11.6 Å². The van der Waals surface area contributed by atoms with Gasteiger partial charge >= 0.3 is 5.97 Å². The van der Waals surface area contributed by atoms with Gasteiger partial charge in [-0.15, -0.1) is 0 Å². The zero-order chi connectivity index (χ0) is 18.6. The summed E-state index contributed by atoms with van der Waals surface area (Å²) >= 11 is 0. The summed E-state index contributed by atoms with van der Waals surface area (Å²) < 4.78 is 32.5. The number of rotatable bonds is 7. The molecule has 0 radical (unpaired) electrons. The second kappa shape index (κ2) is 8.46.